The minimum absolute atomic E-state index is 0.131. The smallest absolute Gasteiger partial charge is 0.119 e. The lowest BCUT2D eigenvalue weighted by molar-refractivity contribution is 0.161. The lowest BCUT2D eigenvalue weighted by Gasteiger charge is -2.21. The SMILES string of the molecule is C=CC(c1ccccc1)C(O)c1cccc(OC)c1. The van der Waals surface area contributed by atoms with Crippen LogP contribution in [0, 0.1) is 0 Å². The topological polar surface area (TPSA) is 29.5 Å². The molecule has 2 heteroatoms. The van der Waals surface area contributed by atoms with E-state index in [2.05, 4.69) is 6.58 Å². The van der Waals surface area contributed by atoms with Gasteiger partial charge >= 0.3 is 0 Å². The minimum atomic E-state index is -0.630. The Kier molecular flexibility index (Phi) is 4.37. The van der Waals surface area contributed by atoms with E-state index in [-0.39, 0.29) is 5.92 Å². The molecule has 2 nitrogen and oxygen atoms in total. The van der Waals surface area contributed by atoms with Crippen LogP contribution in [0.25, 0.3) is 0 Å². The van der Waals surface area contributed by atoms with Crippen molar-refractivity contribution in [2.45, 2.75) is 12.0 Å². The Balaban J connectivity index is 2.30. The van der Waals surface area contributed by atoms with Crippen LogP contribution >= 0.6 is 0 Å². The fourth-order valence-corrected chi connectivity index (χ4v) is 2.16. The van der Waals surface area contributed by atoms with E-state index in [1.54, 1.807) is 13.2 Å². The van der Waals surface area contributed by atoms with Crippen molar-refractivity contribution >= 4 is 0 Å². The van der Waals surface area contributed by atoms with Crippen LogP contribution in [-0.4, -0.2) is 12.2 Å². The van der Waals surface area contributed by atoms with E-state index in [0.29, 0.717) is 0 Å². The summed E-state index contributed by atoms with van der Waals surface area (Å²) in [6.45, 7) is 3.84. The number of hydrogen-bond donors (Lipinski definition) is 1. The van der Waals surface area contributed by atoms with Crippen molar-refractivity contribution in [3.05, 3.63) is 78.4 Å². The van der Waals surface area contributed by atoms with Crippen molar-refractivity contribution in [1.29, 1.82) is 0 Å². The molecule has 2 atom stereocenters. The molecule has 2 unspecified atom stereocenters. The quantitative estimate of drug-likeness (QED) is 0.824. The molecule has 0 bridgehead atoms. The second kappa shape index (κ2) is 6.21. The molecular formula is C17H18O2. The number of rotatable bonds is 5. The maximum atomic E-state index is 10.5. The second-order valence-electron chi connectivity index (χ2n) is 4.39. The summed E-state index contributed by atoms with van der Waals surface area (Å²) in [7, 11) is 1.62. The number of aliphatic hydroxyl groups excluding tert-OH is 1. The van der Waals surface area contributed by atoms with Crippen LogP contribution in [0.15, 0.2) is 67.3 Å². The molecule has 0 saturated heterocycles. The van der Waals surface area contributed by atoms with Crippen LogP contribution < -0.4 is 4.74 Å². The van der Waals surface area contributed by atoms with Crippen LogP contribution in [0.3, 0.4) is 0 Å². The lowest BCUT2D eigenvalue weighted by Crippen LogP contribution is -2.08. The summed E-state index contributed by atoms with van der Waals surface area (Å²) in [5.41, 5.74) is 1.88. The zero-order valence-electron chi connectivity index (χ0n) is 11.0. The van der Waals surface area contributed by atoms with Gasteiger partial charge in [-0.3, -0.25) is 0 Å². The maximum Gasteiger partial charge on any atom is 0.119 e. The molecule has 2 rings (SSSR count). The lowest BCUT2D eigenvalue weighted by atomic mass is 9.89. The van der Waals surface area contributed by atoms with Gasteiger partial charge in [0.1, 0.15) is 5.75 Å². The minimum Gasteiger partial charge on any atom is -0.497 e. The molecular weight excluding hydrogens is 236 g/mol. The average Bonchev–Trinajstić information content (AvgIpc) is 2.49. The number of ether oxygens (including phenoxy) is 1. The normalized spacial score (nSPS) is 13.6. The van der Waals surface area contributed by atoms with Crippen LogP contribution in [0.4, 0.5) is 0 Å². The standard InChI is InChI=1S/C17H18O2/c1-3-16(13-8-5-4-6-9-13)17(18)14-10-7-11-15(12-14)19-2/h3-12,16-18H,1H2,2H3. The first kappa shape index (κ1) is 13.4. The summed E-state index contributed by atoms with van der Waals surface area (Å²) < 4.78 is 5.19. The summed E-state index contributed by atoms with van der Waals surface area (Å²) in [5, 5.41) is 10.5. The molecule has 0 aliphatic carbocycles. The number of methoxy groups -OCH3 is 1. The average molecular weight is 254 g/mol. The largest absolute Gasteiger partial charge is 0.497 e. The molecule has 0 heterocycles. The summed E-state index contributed by atoms with van der Waals surface area (Å²) in [6.07, 6.45) is 1.15. The summed E-state index contributed by atoms with van der Waals surface area (Å²) >= 11 is 0. The third-order valence-electron chi connectivity index (χ3n) is 3.21. The third-order valence-corrected chi connectivity index (χ3v) is 3.21. The predicted molar refractivity (Wildman–Crippen MR) is 77.3 cm³/mol. The number of benzene rings is 2. The number of hydrogen-bond acceptors (Lipinski definition) is 2. The first-order valence-corrected chi connectivity index (χ1v) is 6.25. The number of aliphatic hydroxyl groups is 1. The zero-order chi connectivity index (χ0) is 13.7. The molecule has 0 saturated carbocycles. The molecule has 1 N–H and O–H groups in total. The van der Waals surface area contributed by atoms with Gasteiger partial charge in [0.15, 0.2) is 0 Å². The van der Waals surface area contributed by atoms with Crippen molar-refractivity contribution in [3.63, 3.8) is 0 Å². The highest BCUT2D eigenvalue weighted by atomic mass is 16.5. The Morgan fingerprint density at radius 1 is 1.05 bits per heavy atom. The second-order valence-corrected chi connectivity index (χ2v) is 4.39. The van der Waals surface area contributed by atoms with Gasteiger partial charge in [-0.05, 0) is 23.3 Å². The van der Waals surface area contributed by atoms with Gasteiger partial charge in [-0.25, -0.2) is 0 Å². The Bertz CT molecular complexity index is 534. The molecule has 19 heavy (non-hydrogen) atoms. The molecule has 98 valence electrons. The van der Waals surface area contributed by atoms with E-state index in [1.807, 2.05) is 54.6 Å². The monoisotopic (exact) mass is 254 g/mol. The van der Waals surface area contributed by atoms with Crippen molar-refractivity contribution in [1.82, 2.24) is 0 Å². The first-order chi connectivity index (χ1) is 9.26. The fourth-order valence-electron chi connectivity index (χ4n) is 2.16. The molecule has 0 aromatic heterocycles. The van der Waals surface area contributed by atoms with E-state index in [0.717, 1.165) is 16.9 Å². The Labute approximate surface area is 114 Å². The first-order valence-electron chi connectivity index (χ1n) is 6.25. The molecule has 0 spiro atoms. The van der Waals surface area contributed by atoms with E-state index >= 15 is 0 Å². The highest BCUT2D eigenvalue weighted by Gasteiger charge is 2.19. The van der Waals surface area contributed by atoms with Crippen molar-refractivity contribution in [3.8, 4) is 5.75 Å². The van der Waals surface area contributed by atoms with Crippen LogP contribution in [0.2, 0.25) is 0 Å². The van der Waals surface area contributed by atoms with Crippen LogP contribution in [-0.2, 0) is 0 Å². The van der Waals surface area contributed by atoms with Crippen LogP contribution in [0.1, 0.15) is 23.1 Å². The van der Waals surface area contributed by atoms with E-state index in [1.165, 1.54) is 0 Å². The maximum absolute atomic E-state index is 10.5. The van der Waals surface area contributed by atoms with Gasteiger partial charge in [-0.1, -0.05) is 48.5 Å². The van der Waals surface area contributed by atoms with Gasteiger partial charge in [0.2, 0.25) is 0 Å². The fraction of sp³-hybridized carbons (Fsp3) is 0.176. The van der Waals surface area contributed by atoms with Crippen molar-refractivity contribution in [2.24, 2.45) is 0 Å². The van der Waals surface area contributed by atoms with Gasteiger partial charge in [0.05, 0.1) is 13.2 Å². The molecule has 0 aliphatic heterocycles. The van der Waals surface area contributed by atoms with Gasteiger partial charge < -0.3 is 9.84 Å². The van der Waals surface area contributed by atoms with Gasteiger partial charge in [-0.2, -0.15) is 0 Å². The van der Waals surface area contributed by atoms with Gasteiger partial charge in [-0.15, -0.1) is 6.58 Å². The molecule has 0 aliphatic rings. The van der Waals surface area contributed by atoms with E-state index < -0.39 is 6.10 Å². The predicted octanol–water partition coefficient (Wildman–Crippen LogP) is 3.70. The Hall–Kier alpha value is -2.06. The van der Waals surface area contributed by atoms with Gasteiger partial charge in [0.25, 0.3) is 0 Å². The van der Waals surface area contributed by atoms with Crippen LogP contribution in [0.5, 0.6) is 5.75 Å². The summed E-state index contributed by atoms with van der Waals surface area (Å²) in [6, 6.07) is 17.4. The molecule has 0 fully saturated rings. The molecule has 0 amide bonds. The zero-order valence-corrected chi connectivity index (χ0v) is 11.0. The molecule has 0 radical (unpaired) electrons. The highest BCUT2D eigenvalue weighted by Crippen LogP contribution is 2.32. The van der Waals surface area contributed by atoms with Gasteiger partial charge in [0, 0.05) is 5.92 Å². The van der Waals surface area contributed by atoms with E-state index in [4.69, 9.17) is 4.74 Å². The third kappa shape index (κ3) is 3.04. The highest BCUT2D eigenvalue weighted by molar-refractivity contribution is 5.34. The summed E-state index contributed by atoms with van der Waals surface area (Å²) in [4.78, 5) is 0. The van der Waals surface area contributed by atoms with Crippen molar-refractivity contribution in [2.75, 3.05) is 7.11 Å². The Morgan fingerprint density at radius 3 is 2.37 bits per heavy atom. The van der Waals surface area contributed by atoms with Crippen molar-refractivity contribution < 1.29 is 9.84 Å². The molecule has 2 aromatic carbocycles. The summed E-state index contributed by atoms with van der Waals surface area (Å²) in [5.74, 6) is 0.612. The van der Waals surface area contributed by atoms with E-state index in [9.17, 15) is 5.11 Å². The molecule has 2 aromatic rings. The Morgan fingerprint density at radius 2 is 1.74 bits per heavy atom.